The Kier molecular flexibility index (Phi) is 4.83. The van der Waals surface area contributed by atoms with Crippen molar-refractivity contribution in [1.29, 1.82) is 5.41 Å². The van der Waals surface area contributed by atoms with Crippen molar-refractivity contribution in [2.24, 2.45) is 0 Å². The fourth-order valence-electron chi connectivity index (χ4n) is 0.785. The molecule has 0 aliphatic carbocycles. The fraction of sp³-hybridized carbons (Fsp3) is 0.250. The average Bonchev–Trinajstić information content (AvgIpc) is 2.52. The molecule has 1 aliphatic heterocycles. The molecule has 6 heteroatoms. The molecule has 0 aromatic heterocycles. The van der Waals surface area contributed by atoms with Gasteiger partial charge in [-0.05, 0) is 6.72 Å². The molecule has 1 N–H and O–H groups in total. The van der Waals surface area contributed by atoms with Crippen molar-refractivity contribution in [3.63, 3.8) is 0 Å². The van der Waals surface area contributed by atoms with Crippen molar-refractivity contribution in [3.8, 4) is 0 Å². The van der Waals surface area contributed by atoms with Gasteiger partial charge >= 0.3 is 5.97 Å². The lowest BCUT2D eigenvalue weighted by Crippen LogP contribution is -2.31. The largest absolute Gasteiger partial charge is 0.356 e. The first-order chi connectivity index (χ1) is 6.65. The van der Waals surface area contributed by atoms with E-state index in [1.165, 1.54) is 0 Å². The third kappa shape index (κ3) is 2.81. The van der Waals surface area contributed by atoms with Gasteiger partial charge < -0.3 is 10.2 Å². The van der Waals surface area contributed by atoms with Gasteiger partial charge in [0, 0.05) is 18.9 Å². The Morgan fingerprint density at radius 2 is 1.79 bits per heavy atom. The molecule has 0 spiro atoms. The van der Waals surface area contributed by atoms with Crippen LogP contribution < -0.4 is 0 Å². The highest BCUT2D eigenvalue weighted by atomic mass is 16.7. The van der Waals surface area contributed by atoms with E-state index < -0.39 is 17.8 Å². The van der Waals surface area contributed by atoms with E-state index in [1.54, 1.807) is 0 Å². The molecule has 2 amide bonds. The van der Waals surface area contributed by atoms with E-state index in [4.69, 9.17) is 5.41 Å². The first-order valence-electron chi connectivity index (χ1n) is 3.70. The SMILES string of the molecule is C=CC(=O)ON1C(=O)CCC1=O.C=N. The second-order valence-electron chi connectivity index (χ2n) is 2.20. The second kappa shape index (κ2) is 5.63. The van der Waals surface area contributed by atoms with Gasteiger partial charge in [-0.15, -0.1) is 5.06 Å². The summed E-state index contributed by atoms with van der Waals surface area (Å²) in [6, 6.07) is 0. The van der Waals surface area contributed by atoms with Crippen LogP contribution in [0.5, 0.6) is 0 Å². The van der Waals surface area contributed by atoms with Crippen molar-refractivity contribution in [1.82, 2.24) is 5.06 Å². The van der Waals surface area contributed by atoms with E-state index in [2.05, 4.69) is 18.1 Å². The minimum atomic E-state index is -0.807. The first kappa shape index (κ1) is 12.0. The Bertz CT molecular complexity index is 259. The highest BCUT2D eigenvalue weighted by Crippen LogP contribution is 2.11. The van der Waals surface area contributed by atoms with E-state index in [0.29, 0.717) is 5.06 Å². The lowest BCUT2D eigenvalue weighted by Gasteiger charge is -2.09. The number of hydrogen-bond donors (Lipinski definition) is 1. The van der Waals surface area contributed by atoms with Crippen molar-refractivity contribution in [3.05, 3.63) is 12.7 Å². The lowest BCUT2D eigenvalue weighted by atomic mass is 10.4. The number of amides is 2. The van der Waals surface area contributed by atoms with Gasteiger partial charge in [0.15, 0.2) is 0 Å². The summed E-state index contributed by atoms with van der Waals surface area (Å²) < 4.78 is 0. The molecule has 0 radical (unpaired) electrons. The fourth-order valence-corrected chi connectivity index (χ4v) is 0.785. The summed E-state index contributed by atoms with van der Waals surface area (Å²) in [6.45, 7) is 5.63. The maximum Gasteiger partial charge on any atom is 0.356 e. The lowest BCUT2D eigenvalue weighted by molar-refractivity contribution is -0.193. The summed E-state index contributed by atoms with van der Waals surface area (Å²) >= 11 is 0. The highest BCUT2D eigenvalue weighted by Gasteiger charge is 2.32. The molecule has 1 saturated heterocycles. The second-order valence-corrected chi connectivity index (χ2v) is 2.20. The normalized spacial score (nSPS) is 14.4. The van der Waals surface area contributed by atoms with Crippen LogP contribution in [0.1, 0.15) is 12.8 Å². The van der Waals surface area contributed by atoms with Gasteiger partial charge in [-0.2, -0.15) is 0 Å². The molecule has 76 valence electrons. The van der Waals surface area contributed by atoms with Crippen molar-refractivity contribution in [2.75, 3.05) is 0 Å². The van der Waals surface area contributed by atoms with Gasteiger partial charge in [0.25, 0.3) is 11.8 Å². The smallest absolute Gasteiger partial charge is 0.326 e. The standard InChI is InChI=1S/C7H7NO4.CH3N/c1-2-7(11)12-8-5(9)3-4-6(8)10;1-2/h2H,1,3-4H2;2H,1H2. The molecule has 0 bridgehead atoms. The van der Waals surface area contributed by atoms with Crippen LogP contribution in [0.4, 0.5) is 0 Å². The molecule has 1 rings (SSSR count). The van der Waals surface area contributed by atoms with Gasteiger partial charge in [0.2, 0.25) is 0 Å². The average molecular weight is 198 g/mol. The quantitative estimate of drug-likeness (QED) is 0.385. The Hall–Kier alpha value is -1.98. The molecule has 0 atom stereocenters. The van der Waals surface area contributed by atoms with Crippen molar-refractivity contribution >= 4 is 24.5 Å². The number of nitrogens with one attached hydrogen (secondary N) is 1. The predicted octanol–water partition coefficient (Wildman–Crippen LogP) is 0.0454. The van der Waals surface area contributed by atoms with Gasteiger partial charge in [-0.3, -0.25) is 9.59 Å². The Labute approximate surface area is 80.6 Å². The molecule has 1 fully saturated rings. The van der Waals surface area contributed by atoms with E-state index in [9.17, 15) is 14.4 Å². The zero-order valence-corrected chi connectivity index (χ0v) is 7.49. The van der Waals surface area contributed by atoms with E-state index in [-0.39, 0.29) is 12.8 Å². The van der Waals surface area contributed by atoms with Crippen molar-refractivity contribution in [2.45, 2.75) is 12.8 Å². The molecule has 0 aromatic carbocycles. The van der Waals surface area contributed by atoms with Crippen LogP contribution in [0.25, 0.3) is 0 Å². The van der Waals surface area contributed by atoms with Crippen LogP contribution in [-0.4, -0.2) is 29.6 Å². The number of hydrogen-bond acceptors (Lipinski definition) is 5. The summed E-state index contributed by atoms with van der Waals surface area (Å²) in [5.74, 6) is -1.79. The predicted molar refractivity (Wildman–Crippen MR) is 47.2 cm³/mol. The maximum absolute atomic E-state index is 10.8. The Morgan fingerprint density at radius 1 is 1.36 bits per heavy atom. The molecule has 1 aliphatic rings. The third-order valence-electron chi connectivity index (χ3n) is 1.35. The molecule has 0 aromatic rings. The van der Waals surface area contributed by atoms with Crippen LogP contribution in [0.3, 0.4) is 0 Å². The molecule has 6 nitrogen and oxygen atoms in total. The summed E-state index contributed by atoms with van der Waals surface area (Å²) in [4.78, 5) is 36.6. The van der Waals surface area contributed by atoms with Crippen LogP contribution in [-0.2, 0) is 19.2 Å². The maximum atomic E-state index is 10.8. The molecule has 1 heterocycles. The summed E-state index contributed by atoms with van der Waals surface area (Å²) in [6.07, 6.45) is 1.09. The number of carbonyl (C=O) groups is 3. The summed E-state index contributed by atoms with van der Waals surface area (Å²) in [5, 5.41) is 5.98. The van der Waals surface area contributed by atoms with E-state index in [0.717, 1.165) is 6.08 Å². The molecular formula is C8H10N2O4. The van der Waals surface area contributed by atoms with Gasteiger partial charge in [-0.25, -0.2) is 4.79 Å². The first-order valence-corrected chi connectivity index (χ1v) is 3.70. The molecule has 14 heavy (non-hydrogen) atoms. The summed E-state index contributed by atoms with van der Waals surface area (Å²) in [5.41, 5.74) is 0. The highest BCUT2D eigenvalue weighted by molar-refractivity contribution is 6.02. The third-order valence-corrected chi connectivity index (χ3v) is 1.35. The summed E-state index contributed by atoms with van der Waals surface area (Å²) in [7, 11) is 0. The number of carbonyl (C=O) groups excluding carboxylic acids is 3. The molecular weight excluding hydrogens is 188 g/mol. The minimum Gasteiger partial charge on any atom is -0.326 e. The van der Waals surface area contributed by atoms with Crippen LogP contribution in [0.2, 0.25) is 0 Å². The number of imide groups is 1. The van der Waals surface area contributed by atoms with E-state index >= 15 is 0 Å². The molecule has 0 unspecified atom stereocenters. The number of hydroxylamine groups is 2. The van der Waals surface area contributed by atoms with Gasteiger partial charge in [0.1, 0.15) is 0 Å². The van der Waals surface area contributed by atoms with E-state index in [1.807, 2.05) is 0 Å². The minimum absolute atomic E-state index is 0.100. The number of nitrogens with zero attached hydrogens (tertiary/aromatic N) is 1. The van der Waals surface area contributed by atoms with Crippen LogP contribution >= 0.6 is 0 Å². The topological polar surface area (TPSA) is 87.5 Å². The van der Waals surface area contributed by atoms with Crippen LogP contribution in [0.15, 0.2) is 12.7 Å². The Morgan fingerprint density at radius 3 is 2.14 bits per heavy atom. The monoisotopic (exact) mass is 198 g/mol. The molecule has 0 saturated carbocycles. The Balaban J connectivity index is 0.000000791. The van der Waals surface area contributed by atoms with Gasteiger partial charge in [0.05, 0.1) is 0 Å². The zero-order chi connectivity index (χ0) is 11.1. The zero-order valence-electron chi connectivity index (χ0n) is 7.49. The number of rotatable bonds is 2. The van der Waals surface area contributed by atoms with Gasteiger partial charge in [-0.1, -0.05) is 6.58 Å². The van der Waals surface area contributed by atoms with Crippen LogP contribution in [0, 0.1) is 5.41 Å². The van der Waals surface area contributed by atoms with Crippen molar-refractivity contribution < 1.29 is 19.2 Å².